The van der Waals surface area contributed by atoms with E-state index in [9.17, 15) is 22.4 Å². The van der Waals surface area contributed by atoms with Crippen LogP contribution in [-0.2, 0) is 11.3 Å². The molecule has 0 unspecified atom stereocenters. The van der Waals surface area contributed by atoms with Gasteiger partial charge in [0.25, 0.3) is 5.56 Å². The zero-order valence-corrected chi connectivity index (χ0v) is 9.28. The topological polar surface area (TPSA) is 57.2 Å². The second kappa shape index (κ2) is 5.85. The zero-order chi connectivity index (χ0) is 13.8. The van der Waals surface area contributed by atoms with Gasteiger partial charge in [-0.05, 0) is 6.07 Å². The predicted molar refractivity (Wildman–Crippen MR) is 56.9 cm³/mol. The Morgan fingerprint density at radius 2 is 2.06 bits per heavy atom. The average Bonchev–Trinajstić information content (AvgIpc) is 2.28. The number of hydrogen-bond acceptors (Lipinski definition) is 3. The van der Waals surface area contributed by atoms with E-state index in [1.165, 1.54) is 18.3 Å². The number of anilines is 1. The number of ether oxygens (including phenoxy) is 1. The Hall–Kier alpha value is -1.57. The molecule has 0 aromatic carbocycles. The minimum absolute atomic E-state index is 0.0385. The van der Waals surface area contributed by atoms with E-state index in [1.807, 2.05) is 0 Å². The Morgan fingerprint density at radius 3 is 2.67 bits per heavy atom. The first-order valence-corrected chi connectivity index (χ1v) is 5.02. The minimum Gasteiger partial charge on any atom is -0.398 e. The highest BCUT2D eigenvalue weighted by molar-refractivity contribution is 5.33. The number of pyridine rings is 1. The third-order valence-electron chi connectivity index (χ3n) is 2.10. The summed E-state index contributed by atoms with van der Waals surface area (Å²) >= 11 is 0. The summed E-state index contributed by atoms with van der Waals surface area (Å²) in [4.78, 5) is 11.3. The van der Waals surface area contributed by atoms with Crippen LogP contribution in [0.4, 0.5) is 23.2 Å². The van der Waals surface area contributed by atoms with Crippen molar-refractivity contribution in [3.8, 4) is 0 Å². The van der Waals surface area contributed by atoms with E-state index >= 15 is 0 Å². The molecule has 0 aliphatic carbocycles. The number of nitrogen functional groups attached to an aromatic ring is 1. The van der Waals surface area contributed by atoms with E-state index in [4.69, 9.17) is 5.73 Å². The van der Waals surface area contributed by atoms with Crippen molar-refractivity contribution in [2.24, 2.45) is 0 Å². The van der Waals surface area contributed by atoms with Crippen molar-refractivity contribution in [1.82, 2.24) is 4.57 Å². The van der Waals surface area contributed by atoms with Crippen LogP contribution in [0.15, 0.2) is 23.1 Å². The van der Waals surface area contributed by atoms with Crippen molar-refractivity contribution in [2.75, 3.05) is 18.9 Å². The van der Waals surface area contributed by atoms with Crippen molar-refractivity contribution in [2.45, 2.75) is 18.9 Å². The lowest BCUT2D eigenvalue weighted by Gasteiger charge is -2.15. The number of alkyl halides is 4. The van der Waals surface area contributed by atoms with Gasteiger partial charge in [0.15, 0.2) is 0 Å². The number of nitrogens with two attached hydrogens (primary N) is 1. The smallest absolute Gasteiger partial charge is 0.330 e. The van der Waals surface area contributed by atoms with Crippen LogP contribution < -0.4 is 11.3 Å². The third kappa shape index (κ3) is 4.02. The fourth-order valence-corrected chi connectivity index (χ4v) is 1.16. The maximum absolute atomic E-state index is 12.5. The highest BCUT2D eigenvalue weighted by Crippen LogP contribution is 2.22. The molecule has 0 aliphatic heterocycles. The minimum atomic E-state index is -4.18. The molecule has 8 heteroatoms. The van der Waals surface area contributed by atoms with Gasteiger partial charge in [0, 0.05) is 24.5 Å². The van der Waals surface area contributed by atoms with E-state index in [0.29, 0.717) is 5.69 Å². The highest BCUT2D eigenvalue weighted by atomic mass is 19.3. The molecule has 0 atom stereocenters. The number of aromatic nitrogens is 1. The summed E-state index contributed by atoms with van der Waals surface area (Å²) in [7, 11) is 0. The molecule has 1 aromatic rings. The fraction of sp³-hybridized carbons (Fsp3) is 0.500. The van der Waals surface area contributed by atoms with Crippen LogP contribution in [0.5, 0.6) is 0 Å². The first-order valence-electron chi connectivity index (χ1n) is 5.02. The lowest BCUT2D eigenvalue weighted by atomic mass is 10.4. The van der Waals surface area contributed by atoms with Crippen LogP contribution in [-0.4, -0.2) is 30.1 Å². The van der Waals surface area contributed by atoms with Gasteiger partial charge >= 0.3 is 12.3 Å². The van der Waals surface area contributed by atoms with Crippen molar-refractivity contribution in [1.29, 1.82) is 0 Å². The van der Waals surface area contributed by atoms with Crippen LogP contribution in [0.2, 0.25) is 0 Å². The molecular weight excluding hydrogens is 256 g/mol. The molecular formula is C10H12F4N2O2. The molecule has 0 amide bonds. The summed E-state index contributed by atoms with van der Waals surface area (Å²) in [5.74, 6) is -4.18. The van der Waals surface area contributed by atoms with Gasteiger partial charge in [-0.3, -0.25) is 4.79 Å². The molecule has 0 saturated carbocycles. The van der Waals surface area contributed by atoms with Crippen molar-refractivity contribution in [3.63, 3.8) is 0 Å². The van der Waals surface area contributed by atoms with Gasteiger partial charge in [-0.2, -0.15) is 8.78 Å². The molecule has 1 rings (SSSR count). The summed E-state index contributed by atoms with van der Waals surface area (Å²) in [6.07, 6.45) is -2.45. The number of rotatable bonds is 6. The Bertz CT molecular complexity index is 448. The second-order valence-electron chi connectivity index (χ2n) is 3.61. The molecule has 4 nitrogen and oxygen atoms in total. The van der Waals surface area contributed by atoms with Gasteiger partial charge in [-0.1, -0.05) is 0 Å². The maximum Gasteiger partial charge on any atom is 0.330 e. The van der Waals surface area contributed by atoms with Gasteiger partial charge < -0.3 is 15.0 Å². The van der Waals surface area contributed by atoms with E-state index < -0.39 is 19.0 Å². The SMILES string of the molecule is Nc1ccc(=O)n(CCOCC(F)(F)C(F)F)c1. The van der Waals surface area contributed by atoms with Crippen molar-refractivity contribution in [3.05, 3.63) is 28.7 Å². The van der Waals surface area contributed by atoms with Crippen LogP contribution in [0.3, 0.4) is 0 Å². The molecule has 0 spiro atoms. The van der Waals surface area contributed by atoms with Gasteiger partial charge in [0.1, 0.15) is 6.61 Å². The third-order valence-corrected chi connectivity index (χ3v) is 2.10. The molecule has 0 aliphatic rings. The van der Waals surface area contributed by atoms with E-state index in [1.54, 1.807) is 0 Å². The maximum atomic E-state index is 12.5. The molecule has 0 radical (unpaired) electrons. The van der Waals surface area contributed by atoms with Crippen molar-refractivity contribution >= 4 is 5.69 Å². The molecule has 0 bridgehead atoms. The van der Waals surface area contributed by atoms with Crippen molar-refractivity contribution < 1.29 is 22.3 Å². The highest BCUT2D eigenvalue weighted by Gasteiger charge is 2.40. The lowest BCUT2D eigenvalue weighted by Crippen LogP contribution is -2.33. The van der Waals surface area contributed by atoms with Gasteiger partial charge in [-0.25, -0.2) is 8.78 Å². The Balaban J connectivity index is 2.43. The quantitative estimate of drug-likeness (QED) is 0.626. The number of halogens is 4. The van der Waals surface area contributed by atoms with Crippen LogP contribution in [0, 0.1) is 0 Å². The predicted octanol–water partition coefficient (Wildman–Crippen LogP) is 1.35. The Labute approximate surface area is 100.0 Å². The largest absolute Gasteiger partial charge is 0.398 e. The Kier molecular flexibility index (Phi) is 4.71. The van der Waals surface area contributed by atoms with Crippen LogP contribution in [0.25, 0.3) is 0 Å². The molecule has 0 saturated heterocycles. The normalized spacial score (nSPS) is 12.1. The van der Waals surface area contributed by atoms with Gasteiger partial charge in [0.2, 0.25) is 0 Å². The summed E-state index contributed by atoms with van der Waals surface area (Å²) in [6.45, 7) is -1.71. The molecule has 1 heterocycles. The first kappa shape index (κ1) is 14.5. The molecule has 102 valence electrons. The zero-order valence-electron chi connectivity index (χ0n) is 9.28. The summed E-state index contributed by atoms with van der Waals surface area (Å²) in [5, 5.41) is 0. The van der Waals surface area contributed by atoms with E-state index in [2.05, 4.69) is 4.74 Å². The Morgan fingerprint density at radius 1 is 1.39 bits per heavy atom. The van der Waals surface area contributed by atoms with E-state index in [0.717, 1.165) is 4.57 Å². The van der Waals surface area contributed by atoms with Crippen LogP contribution >= 0.6 is 0 Å². The standard InChI is InChI=1S/C10H12F4N2O2/c11-9(12)10(13,14)6-18-4-3-16-5-7(15)1-2-8(16)17/h1-2,5,9H,3-4,6,15H2. The first-order chi connectivity index (χ1) is 8.33. The summed E-state index contributed by atoms with van der Waals surface area (Å²) in [5.41, 5.74) is 5.37. The number of hydrogen-bond donors (Lipinski definition) is 1. The summed E-state index contributed by atoms with van der Waals surface area (Å²) in [6, 6.07) is 2.60. The molecule has 1 aromatic heterocycles. The lowest BCUT2D eigenvalue weighted by molar-refractivity contribution is -0.166. The monoisotopic (exact) mass is 268 g/mol. The fourth-order valence-electron chi connectivity index (χ4n) is 1.16. The summed E-state index contributed by atoms with van der Waals surface area (Å²) < 4.78 is 54.0. The molecule has 0 fully saturated rings. The van der Waals surface area contributed by atoms with Gasteiger partial charge in [-0.15, -0.1) is 0 Å². The van der Waals surface area contributed by atoms with Crippen LogP contribution in [0.1, 0.15) is 0 Å². The second-order valence-corrected chi connectivity index (χ2v) is 3.61. The van der Waals surface area contributed by atoms with E-state index in [-0.39, 0.29) is 18.7 Å². The van der Waals surface area contributed by atoms with Gasteiger partial charge in [0.05, 0.1) is 6.61 Å². The molecule has 18 heavy (non-hydrogen) atoms. The molecule has 2 N–H and O–H groups in total. The number of nitrogens with zero attached hydrogens (tertiary/aromatic N) is 1. The average molecular weight is 268 g/mol.